The normalized spacial score (nSPS) is 24.4. The Balaban J connectivity index is 1.72. The van der Waals surface area contributed by atoms with E-state index < -0.39 is 0 Å². The Labute approximate surface area is 128 Å². The third kappa shape index (κ3) is 2.64. The summed E-state index contributed by atoms with van der Waals surface area (Å²) in [6.45, 7) is 1.26. The maximum atomic E-state index is 12.5. The molecule has 2 fully saturated rings. The predicted molar refractivity (Wildman–Crippen MR) is 77.6 cm³/mol. The molecule has 0 unspecified atom stereocenters. The van der Waals surface area contributed by atoms with Crippen molar-refractivity contribution in [3.05, 3.63) is 23.9 Å². The van der Waals surface area contributed by atoms with E-state index in [2.05, 4.69) is 4.98 Å². The molecule has 3 rings (SSSR count). The van der Waals surface area contributed by atoms with Gasteiger partial charge in [-0.1, -0.05) is 0 Å². The molecule has 22 heavy (non-hydrogen) atoms. The van der Waals surface area contributed by atoms with E-state index in [-0.39, 0.29) is 30.5 Å². The summed E-state index contributed by atoms with van der Waals surface area (Å²) in [6, 6.07) is 3.35. The number of fused-ring (bicyclic) bond motifs is 1. The molecule has 2 aliphatic rings. The molecule has 0 N–H and O–H groups in total. The van der Waals surface area contributed by atoms with Crippen LogP contribution in [0.25, 0.3) is 0 Å². The van der Waals surface area contributed by atoms with Gasteiger partial charge in [-0.3, -0.25) is 9.59 Å². The van der Waals surface area contributed by atoms with Crippen LogP contribution in [0.3, 0.4) is 0 Å². The summed E-state index contributed by atoms with van der Waals surface area (Å²) < 4.78 is 10.3. The molecular formula is C15H19N3O4. The highest BCUT2D eigenvalue weighted by atomic mass is 16.5. The van der Waals surface area contributed by atoms with Gasteiger partial charge in [0.15, 0.2) is 0 Å². The van der Waals surface area contributed by atoms with E-state index in [0.717, 1.165) is 6.42 Å². The Morgan fingerprint density at radius 3 is 2.77 bits per heavy atom. The van der Waals surface area contributed by atoms with E-state index in [1.165, 1.54) is 13.3 Å². The van der Waals surface area contributed by atoms with Gasteiger partial charge in [0, 0.05) is 32.5 Å². The summed E-state index contributed by atoms with van der Waals surface area (Å²) in [5.41, 5.74) is 0.461. The number of hydrogen-bond donors (Lipinski definition) is 0. The van der Waals surface area contributed by atoms with Gasteiger partial charge in [0.25, 0.3) is 5.91 Å². The second kappa shape index (κ2) is 5.92. The molecule has 2 saturated heterocycles. The van der Waals surface area contributed by atoms with Crippen LogP contribution >= 0.6 is 0 Å². The van der Waals surface area contributed by atoms with Gasteiger partial charge in [-0.25, -0.2) is 4.98 Å². The van der Waals surface area contributed by atoms with Gasteiger partial charge in [-0.2, -0.15) is 0 Å². The minimum Gasteiger partial charge on any atom is -0.481 e. The number of carbonyl (C=O) groups is 2. The van der Waals surface area contributed by atoms with Crippen LogP contribution in [-0.2, 0) is 9.53 Å². The fourth-order valence-corrected chi connectivity index (χ4v) is 3.06. The molecule has 2 aliphatic heterocycles. The van der Waals surface area contributed by atoms with Crippen molar-refractivity contribution in [3.63, 3.8) is 0 Å². The molecule has 0 saturated carbocycles. The highest BCUT2D eigenvalue weighted by Crippen LogP contribution is 2.25. The molecule has 0 bridgehead atoms. The van der Waals surface area contributed by atoms with Crippen molar-refractivity contribution < 1.29 is 19.1 Å². The number of piperazine rings is 1. The van der Waals surface area contributed by atoms with Gasteiger partial charge >= 0.3 is 0 Å². The first-order valence-corrected chi connectivity index (χ1v) is 7.24. The Bertz CT molecular complexity index is 575. The van der Waals surface area contributed by atoms with Crippen LogP contribution in [0.5, 0.6) is 5.88 Å². The molecule has 0 spiro atoms. The van der Waals surface area contributed by atoms with Crippen LogP contribution in [0, 0.1) is 0 Å². The zero-order valence-electron chi connectivity index (χ0n) is 12.7. The Kier molecular flexibility index (Phi) is 3.98. The highest BCUT2D eigenvalue weighted by Gasteiger charge is 2.41. The van der Waals surface area contributed by atoms with Crippen molar-refractivity contribution in [1.82, 2.24) is 14.8 Å². The molecule has 0 aliphatic carbocycles. The van der Waals surface area contributed by atoms with E-state index in [1.807, 2.05) is 4.90 Å². The topological polar surface area (TPSA) is 72.0 Å². The first kappa shape index (κ1) is 14.8. The van der Waals surface area contributed by atoms with Crippen molar-refractivity contribution in [3.8, 4) is 5.88 Å². The number of carbonyl (C=O) groups excluding carboxylic acids is 2. The van der Waals surface area contributed by atoms with E-state index >= 15 is 0 Å². The first-order valence-electron chi connectivity index (χ1n) is 7.24. The van der Waals surface area contributed by atoms with Crippen LogP contribution in [-0.4, -0.2) is 72.6 Å². The van der Waals surface area contributed by atoms with Crippen molar-refractivity contribution in [2.24, 2.45) is 0 Å². The van der Waals surface area contributed by atoms with Gasteiger partial charge in [0.2, 0.25) is 11.8 Å². The zero-order chi connectivity index (χ0) is 15.7. The molecule has 1 aromatic heterocycles. The van der Waals surface area contributed by atoms with Crippen molar-refractivity contribution >= 4 is 11.8 Å². The largest absolute Gasteiger partial charge is 0.481 e. The first-order chi connectivity index (χ1) is 10.6. The predicted octanol–water partition coefficient (Wildman–Crippen LogP) is 0.162. The molecule has 1 aromatic rings. The Hall–Kier alpha value is -2.15. The van der Waals surface area contributed by atoms with Gasteiger partial charge in [0.1, 0.15) is 6.54 Å². The summed E-state index contributed by atoms with van der Waals surface area (Å²) in [5, 5.41) is 0. The second-order valence-electron chi connectivity index (χ2n) is 5.57. The Morgan fingerprint density at radius 2 is 2.14 bits per heavy atom. The molecule has 3 heterocycles. The molecule has 7 nitrogen and oxygen atoms in total. The van der Waals surface area contributed by atoms with Crippen LogP contribution in [0.4, 0.5) is 0 Å². The SMILES string of the molecule is COc1ccc(C(=O)N2CC(=O)N3C[C@@H](OC)C[C@H]3C2)cn1. The average molecular weight is 305 g/mol. The lowest BCUT2D eigenvalue weighted by atomic mass is 10.1. The van der Waals surface area contributed by atoms with Gasteiger partial charge in [-0.05, 0) is 12.5 Å². The number of nitrogens with zero attached hydrogens (tertiary/aromatic N) is 3. The van der Waals surface area contributed by atoms with Crippen LogP contribution in [0.15, 0.2) is 18.3 Å². The molecule has 7 heteroatoms. The van der Waals surface area contributed by atoms with Gasteiger partial charge in [0.05, 0.1) is 24.8 Å². The molecule has 2 amide bonds. The van der Waals surface area contributed by atoms with E-state index in [0.29, 0.717) is 24.5 Å². The fourth-order valence-electron chi connectivity index (χ4n) is 3.06. The van der Waals surface area contributed by atoms with Gasteiger partial charge < -0.3 is 19.3 Å². The number of hydrogen-bond acceptors (Lipinski definition) is 5. The highest BCUT2D eigenvalue weighted by molar-refractivity contribution is 5.97. The molecule has 0 radical (unpaired) electrons. The number of amides is 2. The summed E-state index contributed by atoms with van der Waals surface area (Å²) in [6.07, 6.45) is 2.31. The standard InChI is InChI=1S/C15H19N3O4/c1-21-12-5-11-7-17(9-14(19)18(11)8-12)15(20)10-3-4-13(22-2)16-6-10/h3-4,6,11-12H,5,7-9H2,1-2H3/t11-,12-/m0/s1. The number of aromatic nitrogens is 1. The van der Waals surface area contributed by atoms with Crippen molar-refractivity contribution in [2.45, 2.75) is 18.6 Å². The zero-order valence-corrected chi connectivity index (χ0v) is 12.7. The number of pyridine rings is 1. The summed E-state index contributed by atoms with van der Waals surface area (Å²) >= 11 is 0. The third-order valence-corrected chi connectivity index (χ3v) is 4.27. The minimum absolute atomic E-state index is 0.0226. The summed E-state index contributed by atoms with van der Waals surface area (Å²) in [4.78, 5) is 32.2. The lowest BCUT2D eigenvalue weighted by Crippen LogP contribution is -2.55. The minimum atomic E-state index is -0.177. The van der Waals surface area contributed by atoms with E-state index in [4.69, 9.17) is 9.47 Å². The van der Waals surface area contributed by atoms with E-state index in [1.54, 1.807) is 24.1 Å². The second-order valence-corrected chi connectivity index (χ2v) is 5.57. The maximum Gasteiger partial charge on any atom is 0.255 e. The smallest absolute Gasteiger partial charge is 0.255 e. The third-order valence-electron chi connectivity index (χ3n) is 4.27. The number of methoxy groups -OCH3 is 2. The molecule has 2 atom stereocenters. The lowest BCUT2D eigenvalue weighted by Gasteiger charge is -2.36. The van der Waals surface area contributed by atoms with Crippen molar-refractivity contribution in [2.75, 3.05) is 33.9 Å². The number of ether oxygens (including phenoxy) is 2. The van der Waals surface area contributed by atoms with Crippen molar-refractivity contribution in [1.29, 1.82) is 0 Å². The molecular weight excluding hydrogens is 286 g/mol. The van der Waals surface area contributed by atoms with Crippen LogP contribution in [0.2, 0.25) is 0 Å². The Morgan fingerprint density at radius 1 is 1.32 bits per heavy atom. The molecule has 118 valence electrons. The summed E-state index contributed by atoms with van der Waals surface area (Å²) in [5.74, 6) is 0.255. The average Bonchev–Trinajstić information content (AvgIpc) is 2.98. The fraction of sp³-hybridized carbons (Fsp3) is 0.533. The van der Waals surface area contributed by atoms with Crippen LogP contribution in [0.1, 0.15) is 16.8 Å². The quantitative estimate of drug-likeness (QED) is 0.795. The monoisotopic (exact) mass is 305 g/mol. The van der Waals surface area contributed by atoms with E-state index in [9.17, 15) is 9.59 Å². The maximum absolute atomic E-state index is 12.5. The summed E-state index contributed by atoms with van der Waals surface area (Å²) in [7, 11) is 3.17. The van der Waals surface area contributed by atoms with Crippen LogP contribution < -0.4 is 4.74 Å². The number of rotatable bonds is 3. The lowest BCUT2D eigenvalue weighted by molar-refractivity contribution is -0.136. The molecule has 0 aromatic carbocycles. The van der Waals surface area contributed by atoms with Gasteiger partial charge in [-0.15, -0.1) is 0 Å².